The first-order chi connectivity index (χ1) is 8.49. The topological polar surface area (TPSA) is 17.1 Å². The van der Waals surface area contributed by atoms with Crippen LogP contribution in [0.25, 0.3) is 0 Å². The molecule has 2 aromatic carbocycles. The van der Waals surface area contributed by atoms with Gasteiger partial charge in [-0.2, -0.15) is 0 Å². The molecule has 18 heavy (non-hydrogen) atoms. The largest absolute Gasteiger partial charge is 0.289 e. The van der Waals surface area contributed by atoms with Gasteiger partial charge in [0.1, 0.15) is 0 Å². The number of hydrogen-bond acceptors (Lipinski definition) is 1. The summed E-state index contributed by atoms with van der Waals surface area (Å²) in [5.41, 5.74) is 4.45. The van der Waals surface area contributed by atoms with Gasteiger partial charge in [0.25, 0.3) is 0 Å². The Balaban J connectivity index is 2.54. The summed E-state index contributed by atoms with van der Waals surface area (Å²) < 4.78 is 0. The first kappa shape index (κ1) is 12.8. The van der Waals surface area contributed by atoms with Crippen LogP contribution in [0.4, 0.5) is 0 Å². The third kappa shape index (κ3) is 2.46. The summed E-state index contributed by atoms with van der Waals surface area (Å²) in [5, 5.41) is 0.592. The Bertz CT molecular complexity index is 561. The van der Waals surface area contributed by atoms with Crippen LogP contribution < -0.4 is 0 Å². The summed E-state index contributed by atoms with van der Waals surface area (Å²) in [6, 6.07) is 11.3. The van der Waals surface area contributed by atoms with E-state index in [1.54, 1.807) is 12.1 Å². The number of carbonyl (C=O) groups excluding carboxylic acids is 1. The minimum atomic E-state index is 0.0381. The van der Waals surface area contributed by atoms with Crippen LogP contribution in [-0.4, -0.2) is 5.78 Å². The lowest BCUT2D eigenvalue weighted by Gasteiger charge is -2.09. The van der Waals surface area contributed by atoms with Gasteiger partial charge in [0.2, 0.25) is 0 Å². The standard InChI is InChI=1S/C16H15ClO/c1-10-4-5-11(2)14(8-10)16(18)15-9-13(17)7-6-12(15)3/h4-9H,1-3H3. The van der Waals surface area contributed by atoms with Crippen molar-refractivity contribution >= 4 is 17.4 Å². The molecule has 0 amide bonds. The van der Waals surface area contributed by atoms with Gasteiger partial charge in [-0.3, -0.25) is 4.79 Å². The molecule has 0 aliphatic carbocycles. The predicted molar refractivity (Wildman–Crippen MR) is 75.5 cm³/mol. The van der Waals surface area contributed by atoms with E-state index in [1.165, 1.54) is 0 Å². The molecule has 0 aliphatic rings. The lowest BCUT2D eigenvalue weighted by molar-refractivity contribution is 0.103. The van der Waals surface area contributed by atoms with Gasteiger partial charge in [0, 0.05) is 16.1 Å². The van der Waals surface area contributed by atoms with E-state index >= 15 is 0 Å². The fourth-order valence-corrected chi connectivity index (χ4v) is 2.14. The van der Waals surface area contributed by atoms with Gasteiger partial charge in [-0.1, -0.05) is 35.4 Å². The van der Waals surface area contributed by atoms with E-state index in [-0.39, 0.29) is 5.78 Å². The van der Waals surface area contributed by atoms with Gasteiger partial charge in [-0.05, 0) is 50.1 Å². The van der Waals surface area contributed by atoms with Gasteiger partial charge >= 0.3 is 0 Å². The molecule has 0 N–H and O–H groups in total. The molecular formula is C16H15ClO. The lowest BCUT2D eigenvalue weighted by atomic mass is 9.95. The highest BCUT2D eigenvalue weighted by Gasteiger charge is 2.14. The van der Waals surface area contributed by atoms with Crippen molar-refractivity contribution < 1.29 is 4.79 Å². The molecule has 0 heterocycles. The van der Waals surface area contributed by atoms with E-state index in [9.17, 15) is 4.79 Å². The third-order valence-corrected chi connectivity index (χ3v) is 3.32. The summed E-state index contributed by atoms with van der Waals surface area (Å²) in [7, 11) is 0. The molecule has 0 unspecified atom stereocenters. The maximum atomic E-state index is 12.5. The SMILES string of the molecule is Cc1ccc(C)c(C(=O)c2cc(Cl)ccc2C)c1. The molecule has 0 fully saturated rings. The number of ketones is 1. The lowest BCUT2D eigenvalue weighted by Crippen LogP contribution is -2.06. The van der Waals surface area contributed by atoms with Crippen molar-refractivity contribution in [3.05, 3.63) is 69.2 Å². The molecular weight excluding hydrogens is 244 g/mol. The van der Waals surface area contributed by atoms with Crippen LogP contribution >= 0.6 is 11.6 Å². The number of carbonyl (C=O) groups is 1. The smallest absolute Gasteiger partial charge is 0.193 e. The number of rotatable bonds is 2. The van der Waals surface area contributed by atoms with Gasteiger partial charge in [0.15, 0.2) is 5.78 Å². The summed E-state index contributed by atoms with van der Waals surface area (Å²) in [6.45, 7) is 5.86. The molecule has 0 atom stereocenters. The van der Waals surface area contributed by atoms with Crippen molar-refractivity contribution in [1.82, 2.24) is 0 Å². The molecule has 0 aromatic heterocycles. The maximum absolute atomic E-state index is 12.5. The van der Waals surface area contributed by atoms with Crippen molar-refractivity contribution in [1.29, 1.82) is 0 Å². The zero-order chi connectivity index (χ0) is 13.3. The fraction of sp³-hybridized carbons (Fsp3) is 0.188. The Labute approximate surface area is 112 Å². The van der Waals surface area contributed by atoms with Crippen LogP contribution in [0.3, 0.4) is 0 Å². The quantitative estimate of drug-likeness (QED) is 0.725. The molecule has 92 valence electrons. The molecule has 0 spiro atoms. The first-order valence-corrected chi connectivity index (χ1v) is 6.25. The van der Waals surface area contributed by atoms with Crippen molar-refractivity contribution in [2.75, 3.05) is 0 Å². The third-order valence-electron chi connectivity index (χ3n) is 3.08. The van der Waals surface area contributed by atoms with Gasteiger partial charge < -0.3 is 0 Å². The van der Waals surface area contributed by atoms with Gasteiger partial charge in [-0.25, -0.2) is 0 Å². The molecule has 0 saturated carbocycles. The minimum Gasteiger partial charge on any atom is -0.289 e. The highest BCUT2D eigenvalue weighted by Crippen LogP contribution is 2.21. The Hall–Kier alpha value is -1.60. The second-order valence-electron chi connectivity index (χ2n) is 4.61. The van der Waals surface area contributed by atoms with E-state index in [1.807, 2.05) is 45.0 Å². The number of halogens is 1. The van der Waals surface area contributed by atoms with E-state index < -0.39 is 0 Å². The Morgan fingerprint density at radius 3 is 2.11 bits per heavy atom. The normalized spacial score (nSPS) is 10.4. The summed E-state index contributed by atoms with van der Waals surface area (Å²) >= 11 is 5.97. The summed E-state index contributed by atoms with van der Waals surface area (Å²) in [4.78, 5) is 12.5. The van der Waals surface area contributed by atoms with Gasteiger partial charge in [0.05, 0.1) is 0 Å². The number of hydrogen-bond donors (Lipinski definition) is 0. The van der Waals surface area contributed by atoms with Crippen LogP contribution in [0.5, 0.6) is 0 Å². The van der Waals surface area contributed by atoms with Gasteiger partial charge in [-0.15, -0.1) is 0 Å². The molecule has 1 nitrogen and oxygen atoms in total. The Kier molecular flexibility index (Phi) is 3.53. The maximum Gasteiger partial charge on any atom is 0.193 e. The highest BCUT2D eigenvalue weighted by molar-refractivity contribution is 6.31. The second-order valence-corrected chi connectivity index (χ2v) is 5.04. The minimum absolute atomic E-state index is 0.0381. The molecule has 2 rings (SSSR count). The molecule has 2 heteroatoms. The van der Waals surface area contributed by atoms with Crippen molar-refractivity contribution in [3.63, 3.8) is 0 Å². The molecule has 0 radical (unpaired) electrons. The summed E-state index contributed by atoms with van der Waals surface area (Å²) in [5.74, 6) is 0.0381. The number of aryl methyl sites for hydroxylation is 3. The van der Waals surface area contributed by atoms with Crippen LogP contribution in [-0.2, 0) is 0 Å². The predicted octanol–water partition coefficient (Wildman–Crippen LogP) is 4.50. The van der Waals surface area contributed by atoms with Crippen molar-refractivity contribution in [2.24, 2.45) is 0 Å². The molecule has 0 bridgehead atoms. The highest BCUT2D eigenvalue weighted by atomic mass is 35.5. The Morgan fingerprint density at radius 1 is 0.889 bits per heavy atom. The molecule has 0 saturated heterocycles. The van der Waals surface area contributed by atoms with E-state index in [0.717, 1.165) is 22.3 Å². The van der Waals surface area contributed by atoms with Crippen LogP contribution in [0, 0.1) is 20.8 Å². The Morgan fingerprint density at radius 2 is 1.44 bits per heavy atom. The first-order valence-electron chi connectivity index (χ1n) is 5.87. The van der Waals surface area contributed by atoms with E-state index in [4.69, 9.17) is 11.6 Å². The average molecular weight is 259 g/mol. The monoisotopic (exact) mass is 258 g/mol. The molecule has 0 aliphatic heterocycles. The fourth-order valence-electron chi connectivity index (χ4n) is 1.96. The van der Waals surface area contributed by atoms with E-state index in [2.05, 4.69) is 0 Å². The summed E-state index contributed by atoms with van der Waals surface area (Å²) in [6.07, 6.45) is 0. The van der Waals surface area contributed by atoms with Crippen molar-refractivity contribution in [2.45, 2.75) is 20.8 Å². The zero-order valence-corrected chi connectivity index (χ0v) is 11.5. The average Bonchev–Trinajstić information content (AvgIpc) is 2.34. The molecule has 2 aromatic rings. The van der Waals surface area contributed by atoms with Crippen molar-refractivity contribution in [3.8, 4) is 0 Å². The van der Waals surface area contributed by atoms with Crippen LogP contribution in [0.1, 0.15) is 32.6 Å². The van der Waals surface area contributed by atoms with Crippen LogP contribution in [0.15, 0.2) is 36.4 Å². The van der Waals surface area contributed by atoms with Crippen LogP contribution in [0.2, 0.25) is 5.02 Å². The zero-order valence-electron chi connectivity index (χ0n) is 10.8. The second kappa shape index (κ2) is 4.95. The van der Waals surface area contributed by atoms with E-state index in [0.29, 0.717) is 10.6 Å². The number of benzene rings is 2.